The van der Waals surface area contributed by atoms with Crippen molar-refractivity contribution in [3.63, 3.8) is 0 Å². The van der Waals surface area contributed by atoms with Crippen molar-refractivity contribution in [2.24, 2.45) is 0 Å². The topological polar surface area (TPSA) is 42.7 Å². The van der Waals surface area contributed by atoms with Crippen molar-refractivity contribution in [1.82, 2.24) is 20.1 Å². The van der Waals surface area contributed by atoms with Crippen molar-refractivity contribution in [2.45, 2.75) is 39.3 Å². The summed E-state index contributed by atoms with van der Waals surface area (Å²) in [5, 5.41) is 9.12. The van der Waals surface area contributed by atoms with Crippen LogP contribution >= 0.6 is 23.2 Å². The fraction of sp³-hybridized carbons (Fsp3) is 0.467. The number of hydrogen-bond donors (Lipinski definition) is 1. The maximum atomic E-state index is 6.33. The summed E-state index contributed by atoms with van der Waals surface area (Å²) < 4.78 is 1.93. The van der Waals surface area contributed by atoms with Crippen LogP contribution in [0.4, 0.5) is 0 Å². The van der Waals surface area contributed by atoms with Crippen LogP contribution < -0.4 is 5.32 Å². The maximum Gasteiger partial charge on any atom is 0.138 e. The molecule has 0 aliphatic carbocycles. The molecular formula is C15H20Cl2N4. The van der Waals surface area contributed by atoms with E-state index in [0.717, 1.165) is 17.9 Å². The molecule has 0 aliphatic heterocycles. The van der Waals surface area contributed by atoms with E-state index >= 15 is 0 Å². The summed E-state index contributed by atoms with van der Waals surface area (Å²) in [6.07, 6.45) is 2.31. The second kappa shape index (κ2) is 7.25. The lowest BCUT2D eigenvalue weighted by molar-refractivity contribution is 0.468. The van der Waals surface area contributed by atoms with Gasteiger partial charge in [0.05, 0.1) is 0 Å². The molecule has 21 heavy (non-hydrogen) atoms. The molecule has 114 valence electrons. The van der Waals surface area contributed by atoms with E-state index in [4.69, 9.17) is 23.2 Å². The number of benzene rings is 1. The van der Waals surface area contributed by atoms with E-state index in [0.29, 0.717) is 16.5 Å². The molecule has 1 aromatic carbocycles. The molecule has 1 N–H and O–H groups in total. The van der Waals surface area contributed by atoms with Crippen molar-refractivity contribution >= 4 is 23.2 Å². The minimum Gasteiger partial charge on any atom is -0.310 e. The van der Waals surface area contributed by atoms with Crippen LogP contribution in [0.5, 0.6) is 0 Å². The first-order valence-electron chi connectivity index (χ1n) is 7.09. The van der Waals surface area contributed by atoms with Crippen molar-refractivity contribution in [3.05, 3.63) is 46.0 Å². The van der Waals surface area contributed by atoms with Crippen molar-refractivity contribution < 1.29 is 0 Å². The Labute approximate surface area is 135 Å². The first-order chi connectivity index (χ1) is 10.0. The molecule has 2 aromatic rings. The Kier molecular flexibility index (Phi) is 5.62. The van der Waals surface area contributed by atoms with Crippen LogP contribution in [0.2, 0.25) is 10.0 Å². The Morgan fingerprint density at radius 1 is 1.29 bits per heavy atom. The van der Waals surface area contributed by atoms with Gasteiger partial charge in [0.25, 0.3) is 0 Å². The van der Waals surface area contributed by atoms with Gasteiger partial charge in [0, 0.05) is 28.5 Å². The van der Waals surface area contributed by atoms with Gasteiger partial charge in [-0.25, -0.2) is 9.67 Å². The van der Waals surface area contributed by atoms with Crippen LogP contribution in [0.1, 0.15) is 44.2 Å². The number of hydrogen-bond acceptors (Lipinski definition) is 3. The van der Waals surface area contributed by atoms with Gasteiger partial charge in [0.2, 0.25) is 0 Å². The number of nitrogens with zero attached hydrogens (tertiary/aromatic N) is 3. The van der Waals surface area contributed by atoms with E-state index in [1.807, 2.05) is 16.8 Å². The monoisotopic (exact) mass is 326 g/mol. The Hall–Kier alpha value is -1.10. The third-order valence-corrected chi connectivity index (χ3v) is 3.89. The second-order valence-corrected chi connectivity index (χ2v) is 6.04. The van der Waals surface area contributed by atoms with Gasteiger partial charge in [0.1, 0.15) is 12.2 Å². The summed E-state index contributed by atoms with van der Waals surface area (Å²) in [4.78, 5) is 4.37. The summed E-state index contributed by atoms with van der Waals surface area (Å²) in [7, 11) is 0. The van der Waals surface area contributed by atoms with Gasteiger partial charge in [-0.1, -0.05) is 30.1 Å². The predicted molar refractivity (Wildman–Crippen MR) is 87.0 cm³/mol. The molecule has 0 amide bonds. The fourth-order valence-electron chi connectivity index (χ4n) is 2.35. The average molecular weight is 327 g/mol. The van der Waals surface area contributed by atoms with Gasteiger partial charge in [-0.3, -0.25) is 0 Å². The highest BCUT2D eigenvalue weighted by atomic mass is 35.5. The van der Waals surface area contributed by atoms with E-state index in [1.165, 1.54) is 0 Å². The lowest BCUT2D eigenvalue weighted by Crippen LogP contribution is -2.25. The maximum absolute atomic E-state index is 6.33. The highest BCUT2D eigenvalue weighted by Gasteiger charge is 2.19. The zero-order chi connectivity index (χ0) is 15.4. The standard InChI is InChI=1S/C15H20Cl2N4/c1-4-18-14(12-7-11(16)5-6-13(12)17)8-15-19-9-20-21(15)10(2)3/h5-7,9-10,14,18H,4,8H2,1-3H3. The fourth-order valence-corrected chi connectivity index (χ4v) is 2.78. The SMILES string of the molecule is CCNC(Cc1ncnn1C(C)C)c1cc(Cl)ccc1Cl. The summed E-state index contributed by atoms with van der Waals surface area (Å²) in [5.74, 6) is 0.937. The number of halogens is 2. The molecular weight excluding hydrogens is 307 g/mol. The van der Waals surface area contributed by atoms with Gasteiger partial charge in [0.15, 0.2) is 0 Å². The minimum absolute atomic E-state index is 0.0582. The van der Waals surface area contributed by atoms with Crippen LogP contribution in [0.25, 0.3) is 0 Å². The Bertz CT molecular complexity index is 595. The molecule has 0 fully saturated rings. The van der Waals surface area contributed by atoms with Crippen molar-refractivity contribution in [1.29, 1.82) is 0 Å². The first kappa shape index (κ1) is 16.3. The second-order valence-electron chi connectivity index (χ2n) is 5.19. The van der Waals surface area contributed by atoms with Crippen LogP contribution in [0.3, 0.4) is 0 Å². The smallest absolute Gasteiger partial charge is 0.138 e. The molecule has 0 radical (unpaired) electrons. The van der Waals surface area contributed by atoms with E-state index in [2.05, 4.69) is 36.2 Å². The Balaban J connectivity index is 2.31. The van der Waals surface area contributed by atoms with Crippen molar-refractivity contribution in [2.75, 3.05) is 6.54 Å². The molecule has 0 bridgehead atoms. The molecule has 1 heterocycles. The van der Waals surface area contributed by atoms with E-state index in [-0.39, 0.29) is 12.1 Å². The Morgan fingerprint density at radius 3 is 2.71 bits per heavy atom. The summed E-state index contributed by atoms with van der Waals surface area (Å²) in [5.41, 5.74) is 0.990. The highest BCUT2D eigenvalue weighted by Crippen LogP contribution is 2.28. The van der Waals surface area contributed by atoms with Gasteiger partial charge in [-0.15, -0.1) is 0 Å². The lowest BCUT2D eigenvalue weighted by Gasteiger charge is -2.20. The molecule has 0 spiro atoms. The third kappa shape index (κ3) is 3.96. The zero-order valence-electron chi connectivity index (χ0n) is 12.5. The van der Waals surface area contributed by atoms with Crippen LogP contribution in [-0.4, -0.2) is 21.3 Å². The van der Waals surface area contributed by atoms with Gasteiger partial charge in [-0.2, -0.15) is 5.10 Å². The molecule has 0 saturated carbocycles. The first-order valence-corrected chi connectivity index (χ1v) is 7.85. The van der Waals surface area contributed by atoms with Crippen LogP contribution in [-0.2, 0) is 6.42 Å². The summed E-state index contributed by atoms with van der Waals surface area (Å²) in [6.45, 7) is 7.08. The number of aromatic nitrogens is 3. The minimum atomic E-state index is 0.0582. The lowest BCUT2D eigenvalue weighted by atomic mass is 10.0. The van der Waals surface area contributed by atoms with Gasteiger partial charge in [-0.05, 0) is 44.2 Å². The van der Waals surface area contributed by atoms with Crippen LogP contribution in [0.15, 0.2) is 24.5 Å². The molecule has 4 nitrogen and oxygen atoms in total. The zero-order valence-corrected chi connectivity index (χ0v) is 14.0. The molecule has 0 saturated heterocycles. The van der Waals surface area contributed by atoms with Gasteiger partial charge < -0.3 is 5.32 Å². The average Bonchev–Trinajstić information content (AvgIpc) is 2.89. The highest BCUT2D eigenvalue weighted by molar-refractivity contribution is 6.33. The molecule has 0 aliphatic rings. The molecule has 1 aromatic heterocycles. The van der Waals surface area contributed by atoms with E-state index < -0.39 is 0 Å². The molecule has 1 atom stereocenters. The summed E-state index contributed by atoms with van der Waals surface area (Å²) in [6, 6.07) is 5.87. The normalized spacial score (nSPS) is 12.9. The van der Waals surface area contributed by atoms with E-state index in [9.17, 15) is 0 Å². The van der Waals surface area contributed by atoms with E-state index in [1.54, 1.807) is 12.4 Å². The third-order valence-electron chi connectivity index (χ3n) is 3.31. The van der Waals surface area contributed by atoms with Gasteiger partial charge >= 0.3 is 0 Å². The number of likely N-dealkylation sites (N-methyl/N-ethyl adjacent to an activating group) is 1. The number of nitrogens with one attached hydrogen (secondary N) is 1. The summed E-state index contributed by atoms with van der Waals surface area (Å²) >= 11 is 12.4. The Morgan fingerprint density at radius 2 is 2.05 bits per heavy atom. The predicted octanol–water partition coefficient (Wildman–Crippen LogP) is 4.06. The molecule has 6 heteroatoms. The van der Waals surface area contributed by atoms with Crippen molar-refractivity contribution in [3.8, 4) is 0 Å². The molecule has 2 rings (SSSR count). The quantitative estimate of drug-likeness (QED) is 0.870. The molecule has 1 unspecified atom stereocenters. The number of rotatable bonds is 6. The largest absolute Gasteiger partial charge is 0.310 e. The van der Waals surface area contributed by atoms with Crippen LogP contribution in [0, 0.1) is 0 Å².